The highest BCUT2D eigenvalue weighted by Gasteiger charge is 2.02. The molecule has 2 rings (SSSR count). The van der Waals surface area contributed by atoms with Crippen molar-refractivity contribution in [1.29, 1.82) is 0 Å². The molecule has 5 heteroatoms. The maximum Gasteiger partial charge on any atom is 0.192 e. The molecular formula is C4H2N2O3. The summed E-state index contributed by atoms with van der Waals surface area (Å²) >= 11 is 0. The smallest absolute Gasteiger partial charge is 0.192 e. The summed E-state index contributed by atoms with van der Waals surface area (Å²) in [5, 5.41) is 3.36. The van der Waals surface area contributed by atoms with Crippen molar-refractivity contribution >= 4 is 11.0 Å². The molecule has 0 bridgehead atoms. The molecule has 0 unspecified atom stereocenters. The van der Waals surface area contributed by atoms with Crippen LogP contribution in [0.1, 0.15) is 0 Å². The van der Waals surface area contributed by atoms with Crippen LogP contribution in [0.4, 0.5) is 0 Å². The predicted molar refractivity (Wildman–Crippen MR) is 25.2 cm³/mol. The third-order valence-corrected chi connectivity index (χ3v) is 1.03. The zero-order valence-electron chi connectivity index (χ0n) is 4.27. The van der Waals surface area contributed by atoms with Gasteiger partial charge in [0.25, 0.3) is 0 Å². The van der Waals surface area contributed by atoms with Crippen LogP contribution in [0.15, 0.2) is 21.6 Å². The summed E-state index contributed by atoms with van der Waals surface area (Å²) in [6.45, 7) is 0. The average Bonchev–Trinajstić information content (AvgIpc) is 2.35. The van der Waals surface area contributed by atoms with Crippen molar-refractivity contribution < 1.29 is 13.6 Å². The fourth-order valence-electron chi connectivity index (χ4n) is 0.614. The minimum absolute atomic E-state index is 0.291. The molecule has 0 aliphatic rings. The van der Waals surface area contributed by atoms with Gasteiger partial charge in [0.1, 0.15) is 12.5 Å². The number of rotatable bonds is 0. The Bertz CT molecular complexity index is 368. The lowest BCUT2D eigenvalue weighted by atomic mass is 10.5. The molecule has 0 aromatic carbocycles. The van der Waals surface area contributed by atoms with Gasteiger partial charge in [-0.25, -0.2) is 4.63 Å². The molecule has 46 valence electrons. The quantitative estimate of drug-likeness (QED) is 0.494. The van der Waals surface area contributed by atoms with E-state index in [1.807, 2.05) is 0 Å². The van der Waals surface area contributed by atoms with E-state index < -0.39 is 0 Å². The van der Waals surface area contributed by atoms with E-state index in [2.05, 4.69) is 14.2 Å². The number of fused-ring (bicyclic) bond motifs is 1. The van der Waals surface area contributed by atoms with Gasteiger partial charge in [0.2, 0.25) is 0 Å². The molecular weight excluding hydrogens is 124 g/mol. The molecule has 5 nitrogen and oxygen atoms in total. The van der Waals surface area contributed by atoms with Gasteiger partial charge in [-0.05, 0) is 5.16 Å². The zero-order chi connectivity index (χ0) is 6.27. The molecule has 2 heterocycles. The SMILES string of the molecule is O=[n+]1o[n-]c2cocc21. The van der Waals surface area contributed by atoms with E-state index in [0.29, 0.717) is 15.6 Å². The summed E-state index contributed by atoms with van der Waals surface area (Å²) in [6, 6.07) is 0. The van der Waals surface area contributed by atoms with Crippen LogP contribution in [0.3, 0.4) is 0 Å². The maximum atomic E-state index is 10.5. The van der Waals surface area contributed by atoms with Gasteiger partial charge >= 0.3 is 0 Å². The highest BCUT2D eigenvalue weighted by molar-refractivity contribution is 5.66. The molecule has 0 saturated carbocycles. The van der Waals surface area contributed by atoms with E-state index >= 15 is 0 Å². The Balaban J connectivity index is 3.17. The lowest BCUT2D eigenvalue weighted by Crippen LogP contribution is -2.07. The number of hydrogen-bond acceptors (Lipinski definition) is 3. The second-order valence-electron chi connectivity index (χ2n) is 1.57. The number of aromatic nitrogens is 2. The van der Waals surface area contributed by atoms with Crippen LogP contribution in [0.5, 0.6) is 0 Å². The summed E-state index contributed by atoms with van der Waals surface area (Å²) in [7, 11) is 0. The summed E-state index contributed by atoms with van der Waals surface area (Å²) in [5.41, 5.74) is 0.750. The van der Waals surface area contributed by atoms with E-state index in [4.69, 9.17) is 0 Å². The first-order chi connectivity index (χ1) is 4.38. The van der Waals surface area contributed by atoms with Crippen LogP contribution in [0, 0.1) is 4.91 Å². The number of furan rings is 1. The topological polar surface area (TPSA) is 63.4 Å². The minimum Gasteiger partial charge on any atom is -0.468 e. The largest absolute Gasteiger partial charge is 0.468 e. The molecule has 2 aromatic rings. The monoisotopic (exact) mass is 126 g/mol. The van der Waals surface area contributed by atoms with E-state index in [9.17, 15) is 4.91 Å². The first-order valence-corrected chi connectivity index (χ1v) is 2.29. The van der Waals surface area contributed by atoms with Gasteiger partial charge in [-0.2, -0.15) is 0 Å². The first-order valence-electron chi connectivity index (χ1n) is 2.29. The van der Waals surface area contributed by atoms with Crippen LogP contribution in [-0.4, -0.2) is 0 Å². The fourth-order valence-corrected chi connectivity index (χ4v) is 0.614. The molecule has 0 spiro atoms. The van der Waals surface area contributed by atoms with Gasteiger partial charge in [0.05, 0.1) is 0 Å². The van der Waals surface area contributed by atoms with Crippen LogP contribution in [-0.2, 0) is 0 Å². The van der Waals surface area contributed by atoms with Crippen molar-refractivity contribution in [3.05, 3.63) is 17.4 Å². The molecule has 0 atom stereocenters. The van der Waals surface area contributed by atoms with E-state index in [0.717, 1.165) is 0 Å². The van der Waals surface area contributed by atoms with Crippen LogP contribution in [0.2, 0.25) is 0 Å². The third-order valence-electron chi connectivity index (χ3n) is 1.03. The summed E-state index contributed by atoms with van der Waals surface area (Å²) in [5.74, 6) is 0. The van der Waals surface area contributed by atoms with E-state index in [1.54, 1.807) is 0 Å². The second kappa shape index (κ2) is 1.25. The lowest BCUT2D eigenvalue weighted by molar-refractivity contribution is -0.693. The molecule has 0 aliphatic carbocycles. The van der Waals surface area contributed by atoms with Gasteiger partial charge in [-0.15, -0.1) is 4.91 Å². The Kier molecular flexibility index (Phi) is 0.606. The zero-order valence-corrected chi connectivity index (χ0v) is 4.27. The average molecular weight is 126 g/mol. The maximum absolute atomic E-state index is 10.5. The summed E-state index contributed by atoms with van der Waals surface area (Å²) in [4.78, 5) is 10.5. The van der Waals surface area contributed by atoms with Gasteiger partial charge in [-0.1, -0.05) is 0 Å². The standard InChI is InChI=1S/C4H2N2O3/c7-6-4-2-8-1-3(4)5-9-6/h1-2H. The molecule has 9 heavy (non-hydrogen) atoms. The Hall–Kier alpha value is -1.52. The minimum atomic E-state index is 0.291. The van der Waals surface area contributed by atoms with Crippen molar-refractivity contribution in [1.82, 2.24) is 5.16 Å². The summed E-state index contributed by atoms with van der Waals surface area (Å²) in [6.07, 6.45) is 2.62. The van der Waals surface area contributed by atoms with E-state index in [-0.39, 0.29) is 0 Å². The van der Waals surface area contributed by atoms with Gasteiger partial charge in [0.15, 0.2) is 11.0 Å². The van der Waals surface area contributed by atoms with Crippen molar-refractivity contribution in [2.75, 3.05) is 0 Å². The van der Waals surface area contributed by atoms with Crippen LogP contribution in [0.25, 0.3) is 11.0 Å². The van der Waals surface area contributed by atoms with Crippen molar-refractivity contribution in [3.63, 3.8) is 0 Å². The Morgan fingerprint density at radius 1 is 1.56 bits per heavy atom. The number of nitrogens with zero attached hydrogens (tertiary/aromatic N) is 2. The highest BCUT2D eigenvalue weighted by Crippen LogP contribution is 2.03. The van der Waals surface area contributed by atoms with Crippen LogP contribution >= 0.6 is 0 Å². The van der Waals surface area contributed by atoms with E-state index in [1.165, 1.54) is 12.5 Å². The van der Waals surface area contributed by atoms with Gasteiger partial charge < -0.3 is 4.42 Å². The predicted octanol–water partition coefficient (Wildman–Crippen LogP) is -0.102. The fraction of sp³-hybridized carbons (Fsp3) is 0. The van der Waals surface area contributed by atoms with Crippen LogP contribution < -0.4 is 9.76 Å². The molecule has 0 fully saturated rings. The molecule has 2 aromatic heterocycles. The van der Waals surface area contributed by atoms with Crippen molar-refractivity contribution in [2.45, 2.75) is 0 Å². The lowest BCUT2D eigenvalue weighted by Gasteiger charge is -1.62. The van der Waals surface area contributed by atoms with Gasteiger partial charge in [-0.3, -0.25) is 0 Å². The second-order valence-corrected chi connectivity index (χ2v) is 1.57. The molecule has 0 saturated heterocycles. The third kappa shape index (κ3) is 0.426. The molecule has 0 aliphatic heterocycles. The first kappa shape index (κ1) is 4.37. The summed E-state index contributed by atoms with van der Waals surface area (Å²) < 4.78 is 9.14. The van der Waals surface area contributed by atoms with Crippen molar-refractivity contribution in [3.8, 4) is 0 Å². The normalized spacial score (nSPS) is 10.7. The van der Waals surface area contributed by atoms with Gasteiger partial charge in [0, 0.05) is 4.60 Å². The Morgan fingerprint density at radius 2 is 2.44 bits per heavy atom. The van der Waals surface area contributed by atoms with Crippen molar-refractivity contribution in [2.24, 2.45) is 0 Å². The molecule has 0 amide bonds. The number of hydrogen-bond donors (Lipinski definition) is 0. The highest BCUT2D eigenvalue weighted by atomic mass is 16.7. The molecule has 0 radical (unpaired) electrons. The molecule has 0 N–H and O–H groups in total. The Labute approximate surface area is 48.4 Å². The Morgan fingerprint density at radius 3 is 3.22 bits per heavy atom.